The van der Waals surface area contributed by atoms with Crippen molar-refractivity contribution in [1.29, 1.82) is 0 Å². The summed E-state index contributed by atoms with van der Waals surface area (Å²) < 4.78 is 0. The number of hydrogen-bond acceptors (Lipinski definition) is 2. The number of rotatable bonds is 7. The summed E-state index contributed by atoms with van der Waals surface area (Å²) in [6.45, 7) is 14.6. The van der Waals surface area contributed by atoms with Crippen LogP contribution in [0.3, 0.4) is 0 Å². The van der Waals surface area contributed by atoms with Crippen molar-refractivity contribution in [3.8, 4) is 0 Å². The third-order valence-electron chi connectivity index (χ3n) is 3.88. The molecule has 0 amide bonds. The van der Waals surface area contributed by atoms with E-state index in [2.05, 4.69) is 76.1 Å². The highest BCUT2D eigenvalue weighted by molar-refractivity contribution is 5.25. The molecular formula is C18H32N2. The number of nitrogens with zero attached hydrogens (tertiary/aromatic N) is 1. The van der Waals surface area contributed by atoms with Crippen LogP contribution in [0.25, 0.3) is 0 Å². The second kappa shape index (κ2) is 7.80. The predicted octanol–water partition coefficient (Wildman–Crippen LogP) is 3.84. The zero-order valence-corrected chi connectivity index (χ0v) is 14.2. The summed E-state index contributed by atoms with van der Waals surface area (Å²) in [7, 11) is 2.22. The maximum absolute atomic E-state index is 3.70. The lowest BCUT2D eigenvalue weighted by Gasteiger charge is -2.35. The van der Waals surface area contributed by atoms with Crippen molar-refractivity contribution in [3.05, 3.63) is 35.4 Å². The van der Waals surface area contributed by atoms with Crippen LogP contribution in [0.1, 0.15) is 45.2 Å². The van der Waals surface area contributed by atoms with Crippen LogP contribution in [-0.2, 0) is 6.54 Å². The standard InChI is InChI=1S/C18H32N2/c1-7-12-19-17(18(3,4)5)14-20(6)13-16-11-9-8-10-15(16)2/h8-11,17,19H,7,12-14H2,1-6H3. The summed E-state index contributed by atoms with van der Waals surface area (Å²) in [5.41, 5.74) is 3.10. The Morgan fingerprint density at radius 2 is 1.85 bits per heavy atom. The smallest absolute Gasteiger partial charge is 0.0243 e. The highest BCUT2D eigenvalue weighted by Crippen LogP contribution is 2.21. The number of benzene rings is 1. The van der Waals surface area contributed by atoms with Gasteiger partial charge in [0.1, 0.15) is 0 Å². The zero-order chi connectivity index (χ0) is 15.2. The average molecular weight is 276 g/mol. The van der Waals surface area contributed by atoms with Gasteiger partial charge in [0.05, 0.1) is 0 Å². The molecule has 1 aromatic carbocycles. The summed E-state index contributed by atoms with van der Waals surface area (Å²) >= 11 is 0. The first-order valence-corrected chi connectivity index (χ1v) is 7.81. The highest BCUT2D eigenvalue weighted by atomic mass is 15.1. The molecule has 0 aliphatic rings. The van der Waals surface area contributed by atoms with Gasteiger partial charge < -0.3 is 10.2 Å². The normalized spacial score (nSPS) is 13.8. The second-order valence-corrected chi connectivity index (χ2v) is 7.00. The summed E-state index contributed by atoms with van der Waals surface area (Å²) in [6, 6.07) is 9.19. The van der Waals surface area contributed by atoms with Gasteiger partial charge in [0.25, 0.3) is 0 Å². The topological polar surface area (TPSA) is 15.3 Å². The van der Waals surface area contributed by atoms with Crippen molar-refractivity contribution in [3.63, 3.8) is 0 Å². The molecule has 0 saturated carbocycles. The second-order valence-electron chi connectivity index (χ2n) is 7.00. The Bertz CT molecular complexity index is 393. The van der Waals surface area contributed by atoms with E-state index in [4.69, 9.17) is 0 Å². The fourth-order valence-corrected chi connectivity index (χ4v) is 2.42. The van der Waals surface area contributed by atoms with Crippen molar-refractivity contribution < 1.29 is 0 Å². The van der Waals surface area contributed by atoms with Crippen LogP contribution < -0.4 is 5.32 Å². The minimum absolute atomic E-state index is 0.287. The minimum Gasteiger partial charge on any atom is -0.312 e. The molecule has 0 spiro atoms. The van der Waals surface area contributed by atoms with Crippen molar-refractivity contribution in [2.24, 2.45) is 5.41 Å². The molecule has 1 atom stereocenters. The molecule has 114 valence electrons. The van der Waals surface area contributed by atoms with Crippen LogP contribution in [-0.4, -0.2) is 31.1 Å². The maximum atomic E-state index is 3.70. The predicted molar refractivity (Wildman–Crippen MR) is 89.0 cm³/mol. The summed E-state index contributed by atoms with van der Waals surface area (Å²) in [5.74, 6) is 0. The lowest BCUT2D eigenvalue weighted by atomic mass is 9.86. The van der Waals surface area contributed by atoms with Gasteiger partial charge in [-0.3, -0.25) is 0 Å². The van der Waals surface area contributed by atoms with Crippen LogP contribution in [0.15, 0.2) is 24.3 Å². The Hall–Kier alpha value is -0.860. The summed E-state index contributed by atoms with van der Waals surface area (Å²) in [6.07, 6.45) is 1.19. The van der Waals surface area contributed by atoms with Crippen LogP contribution in [0.2, 0.25) is 0 Å². The molecule has 1 N–H and O–H groups in total. The molecule has 0 bridgehead atoms. The van der Waals surface area contributed by atoms with E-state index >= 15 is 0 Å². The quantitative estimate of drug-likeness (QED) is 0.814. The molecule has 0 aromatic heterocycles. The van der Waals surface area contributed by atoms with Gasteiger partial charge >= 0.3 is 0 Å². The summed E-state index contributed by atoms with van der Waals surface area (Å²) in [5, 5.41) is 3.70. The van der Waals surface area contributed by atoms with Crippen molar-refractivity contribution in [2.75, 3.05) is 20.1 Å². The Balaban J connectivity index is 2.62. The molecule has 1 rings (SSSR count). The van der Waals surface area contributed by atoms with Gasteiger partial charge in [0.2, 0.25) is 0 Å². The van der Waals surface area contributed by atoms with E-state index in [1.165, 1.54) is 17.5 Å². The lowest BCUT2D eigenvalue weighted by molar-refractivity contribution is 0.190. The fourth-order valence-electron chi connectivity index (χ4n) is 2.42. The fraction of sp³-hybridized carbons (Fsp3) is 0.667. The van der Waals surface area contributed by atoms with Crippen LogP contribution in [0.5, 0.6) is 0 Å². The number of aryl methyl sites for hydroxylation is 1. The highest BCUT2D eigenvalue weighted by Gasteiger charge is 2.25. The molecule has 2 nitrogen and oxygen atoms in total. The molecule has 0 heterocycles. The molecule has 1 aromatic rings. The van der Waals surface area contributed by atoms with Gasteiger partial charge in [-0.05, 0) is 43.5 Å². The number of nitrogens with one attached hydrogen (secondary N) is 1. The Labute approximate surface area is 125 Å². The molecule has 0 radical (unpaired) electrons. The third-order valence-corrected chi connectivity index (χ3v) is 3.88. The minimum atomic E-state index is 0.287. The zero-order valence-electron chi connectivity index (χ0n) is 14.2. The lowest BCUT2D eigenvalue weighted by Crippen LogP contribution is -2.47. The van der Waals surface area contributed by atoms with E-state index < -0.39 is 0 Å². The molecule has 1 unspecified atom stereocenters. The Kier molecular flexibility index (Phi) is 6.70. The molecule has 0 aliphatic carbocycles. The SMILES string of the molecule is CCCNC(CN(C)Cc1ccccc1C)C(C)(C)C. The number of hydrogen-bond donors (Lipinski definition) is 1. The van der Waals surface area contributed by atoms with Crippen molar-refractivity contribution >= 4 is 0 Å². The molecule has 0 saturated heterocycles. The first-order chi connectivity index (χ1) is 9.34. The van der Waals surface area contributed by atoms with Gasteiger partial charge in [-0.15, -0.1) is 0 Å². The van der Waals surface area contributed by atoms with E-state index in [1.54, 1.807) is 0 Å². The maximum Gasteiger partial charge on any atom is 0.0243 e. The summed E-state index contributed by atoms with van der Waals surface area (Å²) in [4.78, 5) is 2.43. The van der Waals surface area contributed by atoms with E-state index in [1.807, 2.05) is 0 Å². The molecule has 20 heavy (non-hydrogen) atoms. The van der Waals surface area contributed by atoms with E-state index in [0.717, 1.165) is 19.6 Å². The van der Waals surface area contributed by atoms with Crippen molar-refractivity contribution in [1.82, 2.24) is 10.2 Å². The van der Waals surface area contributed by atoms with Gasteiger partial charge in [-0.25, -0.2) is 0 Å². The Morgan fingerprint density at radius 1 is 1.20 bits per heavy atom. The van der Waals surface area contributed by atoms with Crippen molar-refractivity contribution in [2.45, 2.75) is 53.6 Å². The molecular weight excluding hydrogens is 244 g/mol. The third kappa shape index (κ3) is 5.64. The number of likely N-dealkylation sites (N-methyl/N-ethyl adjacent to an activating group) is 1. The van der Waals surface area contributed by atoms with Gasteiger partial charge in [0.15, 0.2) is 0 Å². The molecule has 0 aliphatic heterocycles. The first-order valence-electron chi connectivity index (χ1n) is 7.81. The van der Waals surface area contributed by atoms with E-state index in [9.17, 15) is 0 Å². The van der Waals surface area contributed by atoms with Gasteiger partial charge in [-0.1, -0.05) is 52.0 Å². The van der Waals surface area contributed by atoms with Crippen LogP contribution in [0.4, 0.5) is 0 Å². The average Bonchev–Trinajstić information content (AvgIpc) is 2.36. The van der Waals surface area contributed by atoms with Crippen LogP contribution in [0, 0.1) is 12.3 Å². The molecule has 2 heteroatoms. The van der Waals surface area contributed by atoms with E-state index in [-0.39, 0.29) is 5.41 Å². The van der Waals surface area contributed by atoms with E-state index in [0.29, 0.717) is 6.04 Å². The van der Waals surface area contributed by atoms with Gasteiger partial charge in [0, 0.05) is 19.1 Å². The molecule has 0 fully saturated rings. The first kappa shape index (κ1) is 17.2. The largest absolute Gasteiger partial charge is 0.312 e. The Morgan fingerprint density at radius 3 is 2.40 bits per heavy atom. The van der Waals surface area contributed by atoms with Gasteiger partial charge in [-0.2, -0.15) is 0 Å². The monoisotopic (exact) mass is 276 g/mol. The van der Waals surface area contributed by atoms with Crippen LogP contribution >= 0.6 is 0 Å².